The van der Waals surface area contributed by atoms with Gasteiger partial charge in [0.05, 0.1) is 18.7 Å². The second kappa shape index (κ2) is 6.56. The third-order valence-corrected chi connectivity index (χ3v) is 2.51. The van der Waals surface area contributed by atoms with E-state index in [2.05, 4.69) is 5.32 Å². The number of halogens is 1. The first-order chi connectivity index (χ1) is 9.28. The largest absolute Gasteiger partial charge is 0.496 e. The Kier molecular flexibility index (Phi) is 5.33. The van der Waals surface area contributed by atoms with Crippen molar-refractivity contribution in [3.63, 3.8) is 0 Å². The van der Waals surface area contributed by atoms with E-state index in [0.717, 1.165) is 0 Å². The molecule has 0 fully saturated rings. The minimum atomic E-state index is -0.721. The number of methoxy groups -OCH3 is 1. The molecule has 5 nitrogen and oxygen atoms in total. The predicted octanol–water partition coefficient (Wildman–Crippen LogP) is 2.36. The van der Waals surface area contributed by atoms with Gasteiger partial charge >= 0.3 is 6.09 Å². The molecule has 3 N–H and O–H groups in total. The molecule has 0 radical (unpaired) electrons. The highest BCUT2D eigenvalue weighted by molar-refractivity contribution is 5.68. The number of amides is 1. The highest BCUT2D eigenvalue weighted by atomic mass is 19.1. The van der Waals surface area contributed by atoms with E-state index in [0.29, 0.717) is 5.75 Å². The Labute approximate surface area is 118 Å². The Balaban J connectivity index is 2.94. The quantitative estimate of drug-likeness (QED) is 0.890. The van der Waals surface area contributed by atoms with Crippen LogP contribution in [0.3, 0.4) is 0 Å². The van der Waals surface area contributed by atoms with E-state index in [-0.39, 0.29) is 12.1 Å². The second-order valence-electron chi connectivity index (χ2n) is 5.29. The number of hydrogen-bond acceptors (Lipinski definition) is 4. The van der Waals surface area contributed by atoms with Crippen molar-refractivity contribution in [1.82, 2.24) is 5.32 Å². The van der Waals surface area contributed by atoms with Crippen LogP contribution in [0.4, 0.5) is 9.18 Å². The van der Waals surface area contributed by atoms with Gasteiger partial charge in [0.1, 0.15) is 17.2 Å². The summed E-state index contributed by atoms with van der Waals surface area (Å²) in [5.74, 6) is -0.160. The standard InChI is InChI=1S/C14H21FN2O3/c1-14(2,3)20-13(18)17-10(8-16)12-9(15)6-5-7-11(12)19-4/h5-7,10H,8,16H2,1-4H3,(H,17,18). The first-order valence-electron chi connectivity index (χ1n) is 6.30. The summed E-state index contributed by atoms with van der Waals surface area (Å²) < 4.78 is 24.2. The van der Waals surface area contributed by atoms with Gasteiger partial charge in [-0.15, -0.1) is 0 Å². The molecule has 112 valence electrons. The summed E-state index contributed by atoms with van der Waals surface area (Å²) in [6.07, 6.45) is -0.654. The molecule has 0 heterocycles. The number of rotatable bonds is 4. The first-order valence-corrected chi connectivity index (χ1v) is 6.30. The molecule has 6 heteroatoms. The monoisotopic (exact) mass is 284 g/mol. The molecule has 0 bridgehead atoms. The van der Waals surface area contributed by atoms with Crippen LogP contribution in [0.25, 0.3) is 0 Å². The van der Waals surface area contributed by atoms with E-state index >= 15 is 0 Å². The molecule has 1 rings (SSSR count). The van der Waals surface area contributed by atoms with Crippen molar-refractivity contribution in [3.8, 4) is 5.75 Å². The van der Waals surface area contributed by atoms with Crippen LogP contribution >= 0.6 is 0 Å². The van der Waals surface area contributed by atoms with E-state index < -0.39 is 23.6 Å². The van der Waals surface area contributed by atoms with Crippen molar-refractivity contribution in [2.45, 2.75) is 32.4 Å². The van der Waals surface area contributed by atoms with Crippen LogP contribution in [0.1, 0.15) is 32.4 Å². The van der Waals surface area contributed by atoms with Gasteiger partial charge in [0.15, 0.2) is 0 Å². The van der Waals surface area contributed by atoms with Crippen LogP contribution < -0.4 is 15.8 Å². The third-order valence-electron chi connectivity index (χ3n) is 2.51. The van der Waals surface area contributed by atoms with Gasteiger partial charge in [0.2, 0.25) is 0 Å². The zero-order valence-corrected chi connectivity index (χ0v) is 12.2. The fraction of sp³-hybridized carbons (Fsp3) is 0.500. The third kappa shape index (κ3) is 4.38. The summed E-state index contributed by atoms with van der Waals surface area (Å²) >= 11 is 0. The number of nitrogens with one attached hydrogen (secondary N) is 1. The second-order valence-corrected chi connectivity index (χ2v) is 5.29. The first kappa shape index (κ1) is 16.2. The molecule has 1 atom stereocenters. The molecule has 0 spiro atoms. The average Bonchev–Trinajstić information content (AvgIpc) is 2.33. The van der Waals surface area contributed by atoms with E-state index in [1.54, 1.807) is 26.8 Å². The van der Waals surface area contributed by atoms with Gasteiger partial charge < -0.3 is 20.5 Å². The lowest BCUT2D eigenvalue weighted by Gasteiger charge is -2.24. The minimum absolute atomic E-state index is 0.0243. The molecule has 0 saturated heterocycles. The maximum Gasteiger partial charge on any atom is 0.408 e. The molecule has 0 aliphatic rings. The summed E-state index contributed by atoms with van der Waals surface area (Å²) in [6.45, 7) is 5.26. The zero-order valence-electron chi connectivity index (χ0n) is 12.2. The van der Waals surface area contributed by atoms with Gasteiger partial charge in [-0.1, -0.05) is 6.07 Å². The molecule has 1 aromatic carbocycles. The van der Waals surface area contributed by atoms with Gasteiger partial charge in [0.25, 0.3) is 0 Å². The van der Waals surface area contributed by atoms with E-state index in [1.807, 2.05) is 0 Å². The fourth-order valence-corrected chi connectivity index (χ4v) is 1.73. The highest BCUT2D eigenvalue weighted by Crippen LogP contribution is 2.27. The molecule has 1 unspecified atom stereocenters. The summed E-state index contributed by atoms with van der Waals surface area (Å²) in [6, 6.07) is 3.70. The number of carbonyl (C=O) groups is 1. The smallest absolute Gasteiger partial charge is 0.408 e. The lowest BCUT2D eigenvalue weighted by atomic mass is 10.1. The number of hydrogen-bond donors (Lipinski definition) is 2. The van der Waals surface area contributed by atoms with Crippen LogP contribution in [0, 0.1) is 5.82 Å². The van der Waals surface area contributed by atoms with Crippen molar-refractivity contribution in [2.24, 2.45) is 5.73 Å². The van der Waals surface area contributed by atoms with Gasteiger partial charge in [-0.2, -0.15) is 0 Å². The molecule has 1 aromatic rings. The van der Waals surface area contributed by atoms with Crippen molar-refractivity contribution >= 4 is 6.09 Å². The summed E-state index contributed by atoms with van der Waals surface area (Å²) in [5, 5.41) is 2.55. The minimum Gasteiger partial charge on any atom is -0.496 e. The normalized spacial score (nSPS) is 12.7. The van der Waals surface area contributed by atoms with Crippen molar-refractivity contribution < 1.29 is 18.7 Å². The molecule has 0 saturated carbocycles. The zero-order chi connectivity index (χ0) is 15.3. The fourth-order valence-electron chi connectivity index (χ4n) is 1.73. The molecule has 0 aliphatic carbocycles. The number of alkyl carbamates (subject to hydrolysis) is 1. The number of nitrogens with two attached hydrogens (primary N) is 1. The van der Waals surface area contributed by atoms with Crippen LogP contribution in [-0.2, 0) is 4.74 Å². The Morgan fingerprint density at radius 1 is 1.45 bits per heavy atom. The highest BCUT2D eigenvalue weighted by Gasteiger charge is 2.24. The maximum absolute atomic E-state index is 13.9. The summed E-state index contributed by atoms with van der Waals surface area (Å²) in [7, 11) is 1.43. The Hall–Kier alpha value is -1.82. The van der Waals surface area contributed by atoms with E-state index in [4.69, 9.17) is 15.2 Å². The topological polar surface area (TPSA) is 73.6 Å². The predicted molar refractivity (Wildman–Crippen MR) is 74.1 cm³/mol. The molecular formula is C14H21FN2O3. The van der Waals surface area contributed by atoms with Gasteiger partial charge in [0, 0.05) is 6.54 Å². The molecule has 0 aliphatic heterocycles. The van der Waals surface area contributed by atoms with Crippen LogP contribution in [0.5, 0.6) is 5.75 Å². The van der Waals surface area contributed by atoms with E-state index in [1.165, 1.54) is 19.2 Å². The van der Waals surface area contributed by atoms with Crippen LogP contribution in [0.2, 0.25) is 0 Å². The molecular weight excluding hydrogens is 263 g/mol. The Morgan fingerprint density at radius 2 is 2.10 bits per heavy atom. The van der Waals surface area contributed by atoms with Crippen molar-refractivity contribution in [2.75, 3.05) is 13.7 Å². The lowest BCUT2D eigenvalue weighted by molar-refractivity contribution is 0.0504. The van der Waals surface area contributed by atoms with Gasteiger partial charge in [-0.25, -0.2) is 9.18 Å². The number of carbonyl (C=O) groups excluding carboxylic acids is 1. The van der Waals surface area contributed by atoms with Crippen LogP contribution in [0.15, 0.2) is 18.2 Å². The summed E-state index contributed by atoms with van der Waals surface area (Å²) in [5.41, 5.74) is 5.19. The van der Waals surface area contributed by atoms with Gasteiger partial charge in [-0.3, -0.25) is 0 Å². The number of benzene rings is 1. The summed E-state index contributed by atoms with van der Waals surface area (Å²) in [4.78, 5) is 11.8. The lowest BCUT2D eigenvalue weighted by Crippen LogP contribution is -2.38. The molecule has 0 aromatic heterocycles. The van der Waals surface area contributed by atoms with Crippen LogP contribution in [-0.4, -0.2) is 25.3 Å². The maximum atomic E-state index is 13.9. The Bertz CT molecular complexity index is 472. The Morgan fingerprint density at radius 3 is 2.60 bits per heavy atom. The molecule has 20 heavy (non-hydrogen) atoms. The van der Waals surface area contributed by atoms with E-state index in [9.17, 15) is 9.18 Å². The molecule has 1 amide bonds. The SMILES string of the molecule is COc1cccc(F)c1C(CN)NC(=O)OC(C)(C)C. The van der Waals surface area contributed by atoms with Crippen molar-refractivity contribution in [3.05, 3.63) is 29.6 Å². The number of ether oxygens (including phenoxy) is 2. The average molecular weight is 284 g/mol. The van der Waals surface area contributed by atoms with Crippen molar-refractivity contribution in [1.29, 1.82) is 0 Å². The van der Waals surface area contributed by atoms with Gasteiger partial charge in [-0.05, 0) is 32.9 Å².